The van der Waals surface area contributed by atoms with Crippen LogP contribution in [-0.2, 0) is 19.6 Å². The molecular weight excluding hydrogens is 476 g/mol. The van der Waals surface area contributed by atoms with Crippen molar-refractivity contribution in [3.05, 3.63) is 45.4 Å². The lowest BCUT2D eigenvalue weighted by atomic mass is 10.1. The van der Waals surface area contributed by atoms with Gasteiger partial charge in [-0.05, 0) is 43.7 Å². The zero-order chi connectivity index (χ0) is 23.8. The maximum Gasteiger partial charge on any atom is 0.351 e. The van der Waals surface area contributed by atoms with Crippen molar-refractivity contribution < 1.29 is 22.7 Å². The fraction of sp³-hybridized carbons (Fsp3) is 0.250. The fourth-order valence-electron chi connectivity index (χ4n) is 2.99. The number of esters is 1. The number of anilines is 2. The zero-order valence-corrected chi connectivity index (χ0v) is 20.1. The average Bonchev–Trinajstić information content (AvgIpc) is 3.03. The molecule has 2 heterocycles. The highest BCUT2D eigenvalue weighted by atomic mass is 35.5. The number of hydrogen-bond donors (Lipinski definition) is 2. The first kappa shape index (κ1) is 23.9. The Hall–Kier alpha value is -2.73. The van der Waals surface area contributed by atoms with E-state index in [-0.39, 0.29) is 26.2 Å². The van der Waals surface area contributed by atoms with E-state index in [9.17, 15) is 18.0 Å². The zero-order valence-electron chi connectivity index (χ0n) is 17.7. The number of ether oxygens (including phenoxy) is 1. The number of nitrogens with one attached hydrogen (secondary N) is 1. The van der Waals surface area contributed by atoms with Gasteiger partial charge >= 0.3 is 5.97 Å². The number of pyridine rings is 1. The third-order valence-electron chi connectivity index (χ3n) is 4.52. The molecule has 0 radical (unpaired) electrons. The van der Waals surface area contributed by atoms with Crippen molar-refractivity contribution in [1.82, 2.24) is 9.29 Å². The third kappa shape index (κ3) is 4.70. The number of nitrogen functional groups attached to an aromatic ring is 1. The van der Waals surface area contributed by atoms with E-state index in [0.717, 1.165) is 26.9 Å². The van der Waals surface area contributed by atoms with Crippen molar-refractivity contribution >= 4 is 66.4 Å². The maximum absolute atomic E-state index is 12.5. The molecule has 1 aromatic carbocycles. The summed E-state index contributed by atoms with van der Waals surface area (Å²) >= 11 is 7.09. The smallest absolute Gasteiger partial charge is 0.351 e. The Morgan fingerprint density at radius 2 is 1.94 bits per heavy atom. The van der Waals surface area contributed by atoms with Gasteiger partial charge in [0.25, 0.3) is 5.91 Å². The molecule has 12 heteroatoms. The van der Waals surface area contributed by atoms with E-state index in [1.54, 1.807) is 0 Å². The maximum atomic E-state index is 12.5. The van der Waals surface area contributed by atoms with Gasteiger partial charge in [0.05, 0.1) is 10.7 Å². The first-order valence-electron chi connectivity index (χ1n) is 9.27. The van der Waals surface area contributed by atoms with Crippen molar-refractivity contribution in [3.63, 3.8) is 0 Å². The van der Waals surface area contributed by atoms with Crippen molar-refractivity contribution in [1.29, 1.82) is 0 Å². The van der Waals surface area contributed by atoms with Gasteiger partial charge in [0.15, 0.2) is 6.61 Å². The van der Waals surface area contributed by atoms with Crippen LogP contribution in [0.4, 0.5) is 11.4 Å². The van der Waals surface area contributed by atoms with Crippen LogP contribution in [0.2, 0.25) is 5.02 Å². The van der Waals surface area contributed by atoms with Gasteiger partial charge in [0.1, 0.15) is 14.6 Å². The second-order valence-corrected chi connectivity index (χ2v) is 10.7. The Bertz CT molecular complexity index is 1340. The van der Waals surface area contributed by atoms with Gasteiger partial charge in [-0.3, -0.25) is 4.79 Å². The number of thiophene rings is 1. The molecule has 0 aliphatic rings. The molecule has 170 valence electrons. The summed E-state index contributed by atoms with van der Waals surface area (Å²) in [4.78, 5) is 29.8. The summed E-state index contributed by atoms with van der Waals surface area (Å²) in [5.74, 6) is -1.40. The van der Waals surface area contributed by atoms with Gasteiger partial charge in [-0.15, -0.1) is 11.3 Å². The van der Waals surface area contributed by atoms with Gasteiger partial charge in [-0.25, -0.2) is 22.5 Å². The molecule has 0 fully saturated rings. The summed E-state index contributed by atoms with van der Waals surface area (Å²) in [7, 11) is -1.07. The third-order valence-corrected chi connectivity index (χ3v) is 7.89. The van der Waals surface area contributed by atoms with Crippen molar-refractivity contribution in [3.8, 4) is 0 Å². The molecule has 0 saturated heterocycles. The second-order valence-electron chi connectivity index (χ2n) is 7.16. The number of rotatable bonds is 6. The molecule has 3 aromatic rings. The Kier molecular flexibility index (Phi) is 6.75. The first-order chi connectivity index (χ1) is 14.9. The highest BCUT2D eigenvalue weighted by molar-refractivity contribution is 7.89. The largest absolute Gasteiger partial charge is 0.451 e. The number of sulfonamides is 1. The van der Waals surface area contributed by atoms with Crippen LogP contribution in [0.25, 0.3) is 10.2 Å². The molecule has 0 atom stereocenters. The number of fused-ring (bicyclic) bond motifs is 1. The normalized spacial score (nSPS) is 11.7. The molecular formula is C20H21ClN4O5S2. The van der Waals surface area contributed by atoms with Gasteiger partial charge in [0, 0.05) is 30.9 Å². The van der Waals surface area contributed by atoms with E-state index < -0.39 is 28.5 Å². The topological polar surface area (TPSA) is 132 Å². The molecule has 0 spiro atoms. The number of amides is 1. The molecule has 9 nitrogen and oxygen atoms in total. The number of nitrogens with two attached hydrogens (primary N) is 1. The highest BCUT2D eigenvalue weighted by Gasteiger charge is 2.23. The van der Waals surface area contributed by atoms with Crippen LogP contribution in [0.5, 0.6) is 0 Å². The molecule has 0 bridgehead atoms. The fourth-order valence-corrected chi connectivity index (χ4v) is 5.49. The van der Waals surface area contributed by atoms with Crippen molar-refractivity contribution in [2.45, 2.75) is 18.7 Å². The van der Waals surface area contributed by atoms with Crippen molar-refractivity contribution in [2.24, 2.45) is 0 Å². The van der Waals surface area contributed by atoms with Crippen LogP contribution in [0, 0.1) is 13.8 Å². The lowest BCUT2D eigenvalue weighted by Gasteiger charge is -2.14. The first-order valence-corrected chi connectivity index (χ1v) is 11.9. The molecule has 3 rings (SSSR count). The molecule has 1 amide bonds. The quantitative estimate of drug-likeness (QED) is 0.501. The minimum absolute atomic E-state index is 0.0162. The standard InChI is InChI=1S/C20H21ClN4O5S2/c1-10-7-11(2)23-19-16(10)17(22)18(31-19)20(27)30-9-15(26)24-12-5-6-13(21)14(8-12)32(28,29)25(3)4/h5-8H,9,22H2,1-4H3,(H,24,26). The Morgan fingerprint density at radius 1 is 1.25 bits per heavy atom. The summed E-state index contributed by atoms with van der Waals surface area (Å²) in [5, 5.41) is 3.19. The number of halogens is 1. The molecule has 0 unspecified atom stereocenters. The minimum Gasteiger partial charge on any atom is -0.451 e. The predicted molar refractivity (Wildman–Crippen MR) is 125 cm³/mol. The molecule has 0 aliphatic heterocycles. The highest BCUT2D eigenvalue weighted by Crippen LogP contribution is 2.35. The number of aromatic nitrogens is 1. The number of carbonyl (C=O) groups is 2. The van der Waals surface area contributed by atoms with E-state index in [0.29, 0.717) is 10.2 Å². The van der Waals surface area contributed by atoms with E-state index in [1.807, 2.05) is 19.9 Å². The van der Waals surface area contributed by atoms with E-state index in [2.05, 4.69) is 10.3 Å². The monoisotopic (exact) mass is 496 g/mol. The van der Waals surface area contributed by atoms with Crippen LogP contribution < -0.4 is 11.1 Å². The summed E-state index contributed by atoms with van der Waals surface area (Å²) in [5.41, 5.74) is 8.25. The van der Waals surface area contributed by atoms with E-state index in [4.69, 9.17) is 22.1 Å². The minimum atomic E-state index is -3.81. The molecule has 0 aliphatic carbocycles. The second kappa shape index (κ2) is 9.02. The summed E-state index contributed by atoms with van der Waals surface area (Å²) in [6, 6.07) is 5.90. The number of hydrogen-bond acceptors (Lipinski definition) is 8. The lowest BCUT2D eigenvalue weighted by Crippen LogP contribution is -2.23. The summed E-state index contributed by atoms with van der Waals surface area (Å²) in [6.07, 6.45) is 0. The summed E-state index contributed by atoms with van der Waals surface area (Å²) < 4.78 is 30.8. The number of benzene rings is 1. The van der Waals surface area contributed by atoms with Crippen LogP contribution >= 0.6 is 22.9 Å². The van der Waals surface area contributed by atoms with Crippen LogP contribution in [0.15, 0.2) is 29.2 Å². The number of carbonyl (C=O) groups excluding carboxylic acids is 2. The van der Waals surface area contributed by atoms with Crippen LogP contribution in [-0.4, -0.2) is 50.3 Å². The lowest BCUT2D eigenvalue weighted by molar-refractivity contribution is -0.119. The Balaban J connectivity index is 1.72. The van der Waals surface area contributed by atoms with Gasteiger partial charge in [-0.2, -0.15) is 0 Å². The SMILES string of the molecule is Cc1cc(C)c2c(N)c(C(=O)OCC(=O)Nc3ccc(Cl)c(S(=O)(=O)N(C)C)c3)sc2n1. The van der Waals surface area contributed by atoms with E-state index in [1.165, 1.54) is 32.3 Å². The van der Waals surface area contributed by atoms with Crippen molar-refractivity contribution in [2.75, 3.05) is 31.8 Å². The van der Waals surface area contributed by atoms with Gasteiger partial charge < -0.3 is 15.8 Å². The predicted octanol–water partition coefficient (Wildman–Crippen LogP) is 3.19. The van der Waals surface area contributed by atoms with Crippen LogP contribution in [0.3, 0.4) is 0 Å². The van der Waals surface area contributed by atoms with Gasteiger partial charge in [0.2, 0.25) is 10.0 Å². The van der Waals surface area contributed by atoms with E-state index >= 15 is 0 Å². The number of aryl methyl sites for hydroxylation is 2. The Labute approximate surface area is 194 Å². The molecule has 3 N–H and O–H groups in total. The molecule has 32 heavy (non-hydrogen) atoms. The summed E-state index contributed by atoms with van der Waals surface area (Å²) in [6.45, 7) is 3.13. The Morgan fingerprint density at radius 3 is 2.59 bits per heavy atom. The van der Waals surface area contributed by atoms with Crippen LogP contribution in [0.1, 0.15) is 20.9 Å². The molecule has 0 saturated carbocycles. The molecule has 2 aromatic heterocycles. The van der Waals surface area contributed by atoms with Gasteiger partial charge in [-0.1, -0.05) is 11.6 Å². The average molecular weight is 497 g/mol. The number of nitrogens with zero attached hydrogens (tertiary/aromatic N) is 2.